The maximum Gasteiger partial charge on any atom is 0.325 e. The lowest BCUT2D eigenvalue weighted by atomic mass is 9.88. The van der Waals surface area contributed by atoms with Gasteiger partial charge in [0.2, 0.25) is 11.7 Å². The third kappa shape index (κ3) is 3.11. The number of halogens is 1. The zero-order valence-corrected chi connectivity index (χ0v) is 17.4. The first kappa shape index (κ1) is 19.9. The number of benzene rings is 3. The van der Waals surface area contributed by atoms with E-state index >= 15 is 0 Å². The predicted molar refractivity (Wildman–Crippen MR) is 115 cm³/mol. The van der Waals surface area contributed by atoms with Crippen LogP contribution in [0.15, 0.2) is 65.2 Å². The fraction of sp³-hybridized carbons (Fsp3) is 0.167. The van der Waals surface area contributed by atoms with Crippen LogP contribution in [0.2, 0.25) is 0 Å². The van der Waals surface area contributed by atoms with Crippen LogP contribution in [0.1, 0.15) is 23.9 Å². The minimum atomic E-state index is -1.24. The van der Waals surface area contributed by atoms with Crippen LogP contribution in [0, 0.1) is 12.7 Å². The van der Waals surface area contributed by atoms with Gasteiger partial charge >= 0.3 is 6.03 Å². The average Bonchev–Trinajstić information content (AvgIpc) is 3.34. The number of urea groups is 1. The number of carbonyl (C=O) groups is 2. The monoisotopic (exact) mass is 430 g/mol. The Hall–Kier alpha value is -4.07. The molecule has 1 atom stereocenters. The Labute approximate surface area is 182 Å². The molecular weight excluding hydrogens is 411 g/mol. The van der Waals surface area contributed by atoms with E-state index in [1.54, 1.807) is 26.0 Å². The molecule has 1 unspecified atom stereocenters. The van der Waals surface area contributed by atoms with Crippen molar-refractivity contribution in [3.8, 4) is 11.4 Å². The van der Waals surface area contributed by atoms with Gasteiger partial charge in [-0.15, -0.1) is 0 Å². The zero-order chi connectivity index (χ0) is 22.5. The van der Waals surface area contributed by atoms with Crippen molar-refractivity contribution >= 4 is 22.7 Å². The first-order valence-corrected chi connectivity index (χ1v) is 10.1. The van der Waals surface area contributed by atoms with E-state index in [0.717, 1.165) is 15.7 Å². The van der Waals surface area contributed by atoms with Crippen LogP contribution in [0.5, 0.6) is 0 Å². The van der Waals surface area contributed by atoms with E-state index in [0.29, 0.717) is 16.7 Å². The molecule has 1 saturated heterocycles. The summed E-state index contributed by atoms with van der Waals surface area (Å²) in [6.45, 7) is 3.15. The predicted octanol–water partition coefficient (Wildman–Crippen LogP) is 4.30. The molecule has 0 radical (unpaired) electrons. The molecule has 1 aromatic heterocycles. The van der Waals surface area contributed by atoms with Crippen molar-refractivity contribution in [3.63, 3.8) is 0 Å². The molecule has 3 amide bonds. The van der Waals surface area contributed by atoms with Gasteiger partial charge in [0.05, 0.1) is 0 Å². The number of carbonyl (C=O) groups excluding carboxylic acids is 2. The van der Waals surface area contributed by atoms with Crippen molar-refractivity contribution in [2.45, 2.75) is 25.9 Å². The number of hydrogen-bond donors (Lipinski definition) is 1. The Morgan fingerprint density at radius 3 is 2.69 bits per heavy atom. The van der Waals surface area contributed by atoms with Crippen molar-refractivity contribution in [1.82, 2.24) is 20.4 Å². The molecule has 2 heterocycles. The third-order valence-electron chi connectivity index (χ3n) is 5.79. The number of nitrogens with zero attached hydrogens (tertiary/aromatic N) is 3. The van der Waals surface area contributed by atoms with Crippen molar-refractivity contribution in [2.24, 2.45) is 0 Å². The van der Waals surface area contributed by atoms with Crippen LogP contribution in [-0.4, -0.2) is 27.0 Å². The molecule has 4 aromatic rings. The maximum atomic E-state index is 13.9. The van der Waals surface area contributed by atoms with Gasteiger partial charge in [0, 0.05) is 5.56 Å². The summed E-state index contributed by atoms with van der Waals surface area (Å²) in [5.74, 6) is -0.539. The summed E-state index contributed by atoms with van der Waals surface area (Å²) in [5.41, 5.74) is 0.421. The first-order chi connectivity index (χ1) is 15.4. The lowest BCUT2D eigenvalue weighted by Gasteiger charge is -2.23. The summed E-state index contributed by atoms with van der Waals surface area (Å²) in [7, 11) is 0. The smallest absolute Gasteiger partial charge is 0.325 e. The Kier molecular flexibility index (Phi) is 4.51. The highest BCUT2D eigenvalue weighted by atomic mass is 19.1. The Morgan fingerprint density at radius 1 is 1.09 bits per heavy atom. The van der Waals surface area contributed by atoms with E-state index < -0.39 is 17.5 Å². The number of aromatic nitrogens is 2. The Balaban J connectivity index is 1.44. The quantitative estimate of drug-likeness (QED) is 0.488. The fourth-order valence-electron chi connectivity index (χ4n) is 3.99. The molecule has 1 N–H and O–H groups in total. The van der Waals surface area contributed by atoms with E-state index in [1.165, 1.54) is 6.07 Å². The molecule has 1 aliphatic rings. The molecule has 0 saturated carbocycles. The van der Waals surface area contributed by atoms with Gasteiger partial charge in [-0.25, -0.2) is 9.18 Å². The minimum absolute atomic E-state index is 0.0756. The minimum Gasteiger partial charge on any atom is -0.337 e. The molecular formula is C24H19FN4O3. The molecule has 8 heteroatoms. The van der Waals surface area contributed by atoms with E-state index in [2.05, 4.69) is 15.5 Å². The van der Waals surface area contributed by atoms with Gasteiger partial charge in [-0.05, 0) is 41.8 Å². The SMILES string of the molecule is Cc1ccc(-c2noc(CN3C(=O)NC(C)(c4cccc5ccccc45)C3=O)n2)cc1F. The van der Waals surface area contributed by atoms with Crippen molar-refractivity contribution < 1.29 is 18.5 Å². The zero-order valence-electron chi connectivity index (χ0n) is 17.4. The summed E-state index contributed by atoms with van der Waals surface area (Å²) >= 11 is 0. The summed E-state index contributed by atoms with van der Waals surface area (Å²) < 4.78 is 19.1. The standard InChI is InChI=1S/C24H19FN4O3/c1-14-10-11-16(12-19(14)25)21-26-20(32-28-21)13-29-22(30)24(2,27-23(29)31)18-9-5-7-15-6-3-4-8-17(15)18/h3-12H,13H2,1-2H3,(H,27,31). The van der Waals surface area contributed by atoms with Crippen LogP contribution in [0.25, 0.3) is 22.2 Å². The number of fused-ring (bicyclic) bond motifs is 1. The van der Waals surface area contributed by atoms with E-state index in [9.17, 15) is 14.0 Å². The molecule has 3 aromatic carbocycles. The number of aryl methyl sites for hydroxylation is 1. The van der Waals surface area contributed by atoms with Gasteiger partial charge < -0.3 is 9.84 Å². The van der Waals surface area contributed by atoms with Crippen molar-refractivity contribution in [3.05, 3.63) is 83.5 Å². The van der Waals surface area contributed by atoms with Crippen LogP contribution >= 0.6 is 0 Å². The van der Waals surface area contributed by atoms with Crippen LogP contribution in [0.3, 0.4) is 0 Å². The second-order valence-corrected chi connectivity index (χ2v) is 7.95. The van der Waals surface area contributed by atoms with Gasteiger partial charge in [-0.3, -0.25) is 9.69 Å². The van der Waals surface area contributed by atoms with E-state index in [-0.39, 0.29) is 24.1 Å². The number of nitrogens with one attached hydrogen (secondary N) is 1. The van der Waals surface area contributed by atoms with Crippen LogP contribution in [0.4, 0.5) is 9.18 Å². The molecule has 160 valence electrons. The van der Waals surface area contributed by atoms with Crippen LogP contribution < -0.4 is 5.32 Å². The lowest BCUT2D eigenvalue weighted by Crippen LogP contribution is -2.41. The molecule has 7 nitrogen and oxygen atoms in total. The van der Waals surface area contributed by atoms with Gasteiger partial charge in [0.15, 0.2) is 0 Å². The maximum absolute atomic E-state index is 13.9. The summed E-state index contributed by atoms with van der Waals surface area (Å²) in [6, 6.07) is 17.4. The second-order valence-electron chi connectivity index (χ2n) is 7.95. The van der Waals surface area contributed by atoms with E-state index in [4.69, 9.17) is 4.52 Å². The number of rotatable bonds is 4. The summed E-state index contributed by atoms with van der Waals surface area (Å²) in [6.07, 6.45) is 0. The molecule has 1 aliphatic heterocycles. The van der Waals surface area contributed by atoms with Crippen molar-refractivity contribution in [2.75, 3.05) is 0 Å². The molecule has 0 aliphatic carbocycles. The molecule has 5 rings (SSSR count). The number of amides is 3. The fourth-order valence-corrected chi connectivity index (χ4v) is 3.99. The summed E-state index contributed by atoms with van der Waals surface area (Å²) in [5, 5.41) is 8.53. The average molecular weight is 430 g/mol. The molecule has 32 heavy (non-hydrogen) atoms. The second kappa shape index (κ2) is 7.26. The highest BCUT2D eigenvalue weighted by Crippen LogP contribution is 2.34. The summed E-state index contributed by atoms with van der Waals surface area (Å²) in [4.78, 5) is 31.4. The molecule has 0 bridgehead atoms. The lowest BCUT2D eigenvalue weighted by molar-refractivity contribution is -0.131. The molecule has 1 fully saturated rings. The number of imide groups is 1. The highest BCUT2D eigenvalue weighted by molar-refractivity contribution is 6.09. The Bertz CT molecular complexity index is 1380. The van der Waals surface area contributed by atoms with Gasteiger partial charge in [-0.2, -0.15) is 4.98 Å². The first-order valence-electron chi connectivity index (χ1n) is 10.1. The third-order valence-corrected chi connectivity index (χ3v) is 5.79. The van der Waals surface area contributed by atoms with Gasteiger partial charge in [0.25, 0.3) is 5.91 Å². The largest absolute Gasteiger partial charge is 0.337 e. The Morgan fingerprint density at radius 2 is 1.88 bits per heavy atom. The number of hydrogen-bond acceptors (Lipinski definition) is 5. The van der Waals surface area contributed by atoms with Crippen LogP contribution in [-0.2, 0) is 16.9 Å². The molecule has 0 spiro atoms. The van der Waals surface area contributed by atoms with E-state index in [1.807, 2.05) is 42.5 Å². The van der Waals surface area contributed by atoms with Gasteiger partial charge in [0.1, 0.15) is 17.9 Å². The van der Waals surface area contributed by atoms with Gasteiger partial charge in [-0.1, -0.05) is 59.8 Å². The highest BCUT2D eigenvalue weighted by Gasteiger charge is 2.50. The normalized spacial score (nSPS) is 18.4. The van der Waals surface area contributed by atoms with Crippen molar-refractivity contribution in [1.29, 1.82) is 0 Å². The topological polar surface area (TPSA) is 88.3 Å².